The minimum Gasteiger partial charge on any atom is -0.351 e. The molecule has 1 saturated heterocycles. The van der Waals surface area contributed by atoms with Crippen LogP contribution in [0.1, 0.15) is 35.7 Å². The number of thioether (sulfide) groups is 1. The van der Waals surface area contributed by atoms with E-state index in [1.54, 1.807) is 11.8 Å². The molecule has 0 bridgehead atoms. The molecular weight excluding hydrogens is 393 g/mol. The van der Waals surface area contributed by atoms with Crippen molar-refractivity contribution in [1.82, 2.24) is 25.8 Å². The van der Waals surface area contributed by atoms with Crippen molar-refractivity contribution in [1.29, 1.82) is 0 Å². The third kappa shape index (κ3) is 6.46. The van der Waals surface area contributed by atoms with Crippen molar-refractivity contribution in [3.05, 3.63) is 41.7 Å². The predicted octanol–water partition coefficient (Wildman–Crippen LogP) is 3.06. The minimum atomic E-state index is 0. The number of nitrogens with zero attached hydrogens (tertiary/aromatic N) is 2. The number of carbonyl (C=O) groups is 1. The van der Waals surface area contributed by atoms with Crippen LogP contribution in [0.25, 0.3) is 0 Å². The largest absolute Gasteiger partial charge is 0.351 e. The molecule has 1 aromatic heterocycles. The molecule has 3 N–H and O–H groups in total. The second-order valence-electron chi connectivity index (χ2n) is 6.52. The molecule has 1 fully saturated rings. The predicted molar refractivity (Wildman–Crippen MR) is 109 cm³/mol. The Morgan fingerprint density at radius 1 is 1.23 bits per heavy atom. The van der Waals surface area contributed by atoms with E-state index < -0.39 is 0 Å². The summed E-state index contributed by atoms with van der Waals surface area (Å²) in [6.45, 7) is 5.04. The zero-order valence-corrected chi connectivity index (χ0v) is 17.1. The summed E-state index contributed by atoms with van der Waals surface area (Å²) in [6, 6.07) is 7.75. The quantitative estimate of drug-likeness (QED) is 0.629. The van der Waals surface area contributed by atoms with Crippen LogP contribution in [0.2, 0.25) is 0 Å². The van der Waals surface area contributed by atoms with Gasteiger partial charge in [-0.3, -0.25) is 9.89 Å². The number of H-pyrrole nitrogens is 1. The van der Waals surface area contributed by atoms with Gasteiger partial charge in [0.25, 0.3) is 5.91 Å². The van der Waals surface area contributed by atoms with Gasteiger partial charge in [0.2, 0.25) is 0 Å². The minimum absolute atomic E-state index is 0. The SMILES string of the molecule is CC1(CNC(=O)c2ccc(CSc3ncn[nH]3)cc2)CCNCC1.Cl.Cl. The highest BCUT2D eigenvalue weighted by Crippen LogP contribution is 2.26. The molecule has 26 heavy (non-hydrogen) atoms. The van der Waals surface area contributed by atoms with Gasteiger partial charge in [-0.15, -0.1) is 24.8 Å². The zero-order chi connectivity index (χ0) is 16.8. The van der Waals surface area contributed by atoms with Crippen LogP contribution in [0.4, 0.5) is 0 Å². The molecule has 0 radical (unpaired) electrons. The Hall–Kier alpha value is -1.28. The third-order valence-electron chi connectivity index (χ3n) is 4.47. The number of amides is 1. The maximum Gasteiger partial charge on any atom is 0.251 e. The zero-order valence-electron chi connectivity index (χ0n) is 14.7. The first-order valence-corrected chi connectivity index (χ1v) is 9.19. The summed E-state index contributed by atoms with van der Waals surface area (Å²) in [6.07, 6.45) is 3.70. The highest BCUT2D eigenvalue weighted by atomic mass is 35.5. The lowest BCUT2D eigenvalue weighted by molar-refractivity contribution is 0.0922. The molecule has 0 unspecified atom stereocenters. The topological polar surface area (TPSA) is 82.7 Å². The van der Waals surface area contributed by atoms with Crippen LogP contribution in [-0.4, -0.2) is 40.7 Å². The Morgan fingerprint density at radius 2 is 1.92 bits per heavy atom. The Labute approximate surface area is 170 Å². The number of aromatic amines is 1. The van der Waals surface area contributed by atoms with Crippen LogP contribution in [0.3, 0.4) is 0 Å². The van der Waals surface area contributed by atoms with E-state index in [0.29, 0.717) is 5.56 Å². The molecular formula is C17H25Cl2N5OS. The second kappa shape index (κ2) is 10.8. The molecule has 0 aliphatic carbocycles. The highest BCUT2D eigenvalue weighted by molar-refractivity contribution is 7.98. The maximum atomic E-state index is 12.3. The van der Waals surface area contributed by atoms with Gasteiger partial charge in [-0.05, 0) is 49.0 Å². The highest BCUT2D eigenvalue weighted by Gasteiger charge is 2.27. The number of piperidine rings is 1. The van der Waals surface area contributed by atoms with E-state index in [-0.39, 0.29) is 36.1 Å². The van der Waals surface area contributed by atoms with Gasteiger partial charge < -0.3 is 10.6 Å². The standard InChI is InChI=1S/C17H23N5OS.2ClH/c1-17(6-8-18-9-7-17)11-19-15(23)14-4-2-13(3-5-14)10-24-16-20-12-21-22-16;;/h2-5,12,18H,6-11H2,1H3,(H,19,23)(H,20,21,22);2*1H. The number of hydrogen-bond acceptors (Lipinski definition) is 5. The molecule has 0 atom stereocenters. The molecule has 1 amide bonds. The number of hydrogen-bond donors (Lipinski definition) is 3. The van der Waals surface area contributed by atoms with E-state index in [9.17, 15) is 4.79 Å². The molecule has 1 aromatic carbocycles. The lowest BCUT2D eigenvalue weighted by atomic mass is 9.81. The fraction of sp³-hybridized carbons (Fsp3) is 0.471. The van der Waals surface area contributed by atoms with Crippen LogP contribution in [0, 0.1) is 5.41 Å². The molecule has 1 aliphatic heterocycles. The Balaban J connectivity index is 0.00000169. The Kier molecular flexibility index (Phi) is 9.43. The van der Waals surface area contributed by atoms with Crippen molar-refractivity contribution < 1.29 is 4.79 Å². The van der Waals surface area contributed by atoms with Crippen molar-refractivity contribution in [2.75, 3.05) is 19.6 Å². The van der Waals surface area contributed by atoms with Crippen molar-refractivity contribution in [2.24, 2.45) is 5.41 Å². The number of nitrogens with one attached hydrogen (secondary N) is 3. The first-order chi connectivity index (χ1) is 11.6. The normalized spacial score (nSPS) is 15.4. The summed E-state index contributed by atoms with van der Waals surface area (Å²) >= 11 is 1.59. The number of benzene rings is 1. The van der Waals surface area contributed by atoms with Crippen molar-refractivity contribution in [2.45, 2.75) is 30.7 Å². The number of aromatic nitrogens is 3. The van der Waals surface area contributed by atoms with Gasteiger partial charge in [-0.1, -0.05) is 30.8 Å². The average molecular weight is 418 g/mol. The van der Waals surface area contributed by atoms with Gasteiger partial charge in [0.05, 0.1) is 0 Å². The van der Waals surface area contributed by atoms with Crippen LogP contribution in [0.5, 0.6) is 0 Å². The molecule has 0 saturated carbocycles. The first kappa shape index (κ1) is 22.8. The molecule has 3 rings (SSSR count). The van der Waals surface area contributed by atoms with Gasteiger partial charge in [-0.25, -0.2) is 4.98 Å². The van der Waals surface area contributed by atoms with Crippen molar-refractivity contribution in [3.8, 4) is 0 Å². The van der Waals surface area contributed by atoms with Crippen molar-refractivity contribution in [3.63, 3.8) is 0 Å². The molecule has 2 aromatic rings. The van der Waals surface area contributed by atoms with E-state index in [0.717, 1.165) is 48.9 Å². The molecule has 1 aliphatic rings. The maximum absolute atomic E-state index is 12.3. The van der Waals surface area contributed by atoms with E-state index in [4.69, 9.17) is 0 Å². The lowest BCUT2D eigenvalue weighted by Gasteiger charge is -2.34. The number of halogens is 2. The summed E-state index contributed by atoms with van der Waals surface area (Å²) in [5.41, 5.74) is 2.06. The fourth-order valence-electron chi connectivity index (χ4n) is 2.77. The molecule has 0 spiro atoms. The molecule has 144 valence electrons. The van der Waals surface area contributed by atoms with E-state index in [1.807, 2.05) is 24.3 Å². The van der Waals surface area contributed by atoms with E-state index in [1.165, 1.54) is 6.33 Å². The summed E-state index contributed by atoms with van der Waals surface area (Å²) in [5.74, 6) is 0.798. The monoisotopic (exact) mass is 417 g/mol. The molecule has 6 nitrogen and oxygen atoms in total. The summed E-state index contributed by atoms with van der Waals surface area (Å²) < 4.78 is 0. The summed E-state index contributed by atoms with van der Waals surface area (Å²) in [4.78, 5) is 16.4. The first-order valence-electron chi connectivity index (χ1n) is 8.21. The van der Waals surface area contributed by atoms with Crippen LogP contribution in [-0.2, 0) is 5.75 Å². The molecule has 2 heterocycles. The summed E-state index contributed by atoms with van der Waals surface area (Å²) in [5, 5.41) is 13.9. The Bertz CT molecular complexity index is 660. The average Bonchev–Trinajstić information content (AvgIpc) is 3.13. The van der Waals surface area contributed by atoms with Crippen molar-refractivity contribution >= 4 is 42.5 Å². The van der Waals surface area contributed by atoms with Gasteiger partial charge in [0, 0.05) is 17.9 Å². The van der Waals surface area contributed by atoms with Crippen LogP contribution in [0.15, 0.2) is 35.7 Å². The smallest absolute Gasteiger partial charge is 0.251 e. The van der Waals surface area contributed by atoms with Gasteiger partial charge in [0.1, 0.15) is 6.33 Å². The van der Waals surface area contributed by atoms with Gasteiger partial charge in [0.15, 0.2) is 5.16 Å². The van der Waals surface area contributed by atoms with Gasteiger partial charge in [-0.2, -0.15) is 5.10 Å². The Morgan fingerprint density at radius 3 is 2.54 bits per heavy atom. The van der Waals surface area contributed by atoms with Gasteiger partial charge >= 0.3 is 0 Å². The summed E-state index contributed by atoms with van der Waals surface area (Å²) in [7, 11) is 0. The molecule has 9 heteroatoms. The van der Waals surface area contributed by atoms with E-state index >= 15 is 0 Å². The van der Waals surface area contributed by atoms with Crippen LogP contribution >= 0.6 is 36.6 Å². The number of carbonyl (C=O) groups excluding carboxylic acids is 1. The lowest BCUT2D eigenvalue weighted by Crippen LogP contribution is -2.42. The van der Waals surface area contributed by atoms with Crippen LogP contribution < -0.4 is 10.6 Å². The second-order valence-corrected chi connectivity index (χ2v) is 7.48. The van der Waals surface area contributed by atoms with E-state index in [2.05, 4.69) is 32.7 Å². The third-order valence-corrected chi connectivity index (χ3v) is 5.42. The number of rotatable bonds is 6. The fourth-order valence-corrected chi connectivity index (χ4v) is 3.51.